The molecular weight excluding hydrogens is 248 g/mol. The molecule has 3 unspecified atom stereocenters. The largest absolute Gasteiger partial charge is 0.406 e. The summed E-state index contributed by atoms with van der Waals surface area (Å²) >= 11 is 2.02. The third-order valence-corrected chi connectivity index (χ3v) is 4.23. The van der Waals surface area contributed by atoms with E-state index in [2.05, 4.69) is 41.2 Å². The fourth-order valence-corrected chi connectivity index (χ4v) is 3.58. The monoisotopic (exact) mass is 270 g/mol. The molecule has 1 fully saturated rings. The van der Waals surface area contributed by atoms with Crippen LogP contribution in [0.15, 0.2) is 4.42 Å². The molecule has 1 aliphatic rings. The number of hydrogen-bond acceptors (Lipinski definition) is 6. The van der Waals surface area contributed by atoms with E-state index in [0.717, 1.165) is 19.6 Å². The van der Waals surface area contributed by atoms with Crippen LogP contribution in [0.1, 0.15) is 39.6 Å². The van der Waals surface area contributed by atoms with Crippen LogP contribution in [-0.4, -0.2) is 40.3 Å². The second-order valence-corrected chi connectivity index (χ2v) is 6.75. The molecular formula is C12H22N4OS. The van der Waals surface area contributed by atoms with Gasteiger partial charge in [0.05, 0.1) is 6.04 Å². The van der Waals surface area contributed by atoms with E-state index in [9.17, 15) is 0 Å². The molecule has 5 nitrogen and oxygen atoms in total. The molecule has 18 heavy (non-hydrogen) atoms. The molecule has 0 aliphatic carbocycles. The van der Waals surface area contributed by atoms with Crippen molar-refractivity contribution >= 4 is 17.8 Å². The van der Waals surface area contributed by atoms with Crippen LogP contribution >= 0.6 is 11.8 Å². The third kappa shape index (κ3) is 3.17. The van der Waals surface area contributed by atoms with Gasteiger partial charge >= 0.3 is 6.01 Å². The first-order valence-electron chi connectivity index (χ1n) is 6.57. The highest BCUT2D eigenvalue weighted by Crippen LogP contribution is 2.28. The average molecular weight is 270 g/mol. The minimum atomic E-state index is 0.116. The topological polar surface area (TPSA) is 54.2 Å². The van der Waals surface area contributed by atoms with Crippen molar-refractivity contribution < 1.29 is 4.42 Å². The second kappa shape index (κ2) is 5.93. The predicted octanol–water partition coefficient (Wildman–Crippen LogP) is 2.07. The summed E-state index contributed by atoms with van der Waals surface area (Å²) in [4.78, 5) is 2.20. The van der Waals surface area contributed by atoms with Crippen molar-refractivity contribution in [3.63, 3.8) is 0 Å². The number of thioether (sulfide) groups is 1. The SMILES string of the molecule is CCNC(C)c1nnc(N2CC(C)SC(C)C2)o1. The Morgan fingerprint density at radius 1 is 1.39 bits per heavy atom. The highest BCUT2D eigenvalue weighted by Gasteiger charge is 2.26. The van der Waals surface area contributed by atoms with Gasteiger partial charge in [-0.3, -0.25) is 0 Å². The zero-order chi connectivity index (χ0) is 13.1. The highest BCUT2D eigenvalue weighted by atomic mass is 32.2. The molecule has 1 N–H and O–H groups in total. The molecule has 6 heteroatoms. The molecule has 1 aromatic rings. The standard InChI is InChI=1S/C12H22N4OS/c1-5-13-10(4)11-14-15-12(17-11)16-6-8(2)18-9(3)7-16/h8-10,13H,5-7H2,1-4H3. The first-order chi connectivity index (χ1) is 8.60. The Morgan fingerprint density at radius 3 is 2.67 bits per heavy atom. The summed E-state index contributed by atoms with van der Waals surface area (Å²) in [5.41, 5.74) is 0. The summed E-state index contributed by atoms with van der Waals surface area (Å²) in [5.74, 6) is 0.672. The van der Waals surface area contributed by atoms with E-state index in [1.807, 2.05) is 18.7 Å². The Balaban J connectivity index is 2.05. The first-order valence-corrected chi connectivity index (χ1v) is 7.51. The third-order valence-electron chi connectivity index (χ3n) is 3.00. The molecule has 2 heterocycles. The van der Waals surface area contributed by atoms with Gasteiger partial charge in [0.2, 0.25) is 5.89 Å². The fourth-order valence-electron chi connectivity index (χ4n) is 2.26. The predicted molar refractivity (Wildman–Crippen MR) is 75.1 cm³/mol. The van der Waals surface area contributed by atoms with E-state index in [1.165, 1.54) is 0 Å². The normalized spacial score (nSPS) is 26.3. The van der Waals surface area contributed by atoms with Crippen LogP contribution < -0.4 is 10.2 Å². The van der Waals surface area contributed by atoms with Gasteiger partial charge in [-0.15, -0.1) is 5.10 Å². The molecule has 1 aliphatic heterocycles. The molecule has 0 spiro atoms. The highest BCUT2D eigenvalue weighted by molar-refractivity contribution is 8.00. The van der Waals surface area contributed by atoms with Crippen molar-refractivity contribution in [2.75, 3.05) is 24.5 Å². The number of anilines is 1. The van der Waals surface area contributed by atoms with Crippen molar-refractivity contribution in [3.8, 4) is 0 Å². The number of nitrogens with zero attached hydrogens (tertiary/aromatic N) is 3. The fraction of sp³-hybridized carbons (Fsp3) is 0.833. The number of nitrogens with one attached hydrogen (secondary N) is 1. The Hall–Kier alpha value is -0.750. The van der Waals surface area contributed by atoms with Crippen LogP contribution in [0, 0.1) is 0 Å². The lowest BCUT2D eigenvalue weighted by Gasteiger charge is -2.33. The Kier molecular flexibility index (Phi) is 4.50. The number of rotatable bonds is 4. The molecule has 0 bridgehead atoms. The zero-order valence-corrected chi connectivity index (χ0v) is 12.3. The van der Waals surface area contributed by atoms with Crippen LogP contribution in [-0.2, 0) is 0 Å². The van der Waals surface area contributed by atoms with Crippen LogP contribution in [0.3, 0.4) is 0 Å². The van der Waals surface area contributed by atoms with Gasteiger partial charge in [0.15, 0.2) is 0 Å². The summed E-state index contributed by atoms with van der Waals surface area (Å²) < 4.78 is 5.77. The number of hydrogen-bond donors (Lipinski definition) is 1. The summed E-state index contributed by atoms with van der Waals surface area (Å²) in [6.07, 6.45) is 0. The van der Waals surface area contributed by atoms with E-state index >= 15 is 0 Å². The Bertz CT molecular complexity index is 374. The summed E-state index contributed by atoms with van der Waals surface area (Å²) in [7, 11) is 0. The van der Waals surface area contributed by atoms with E-state index in [0.29, 0.717) is 22.4 Å². The van der Waals surface area contributed by atoms with Gasteiger partial charge < -0.3 is 14.6 Å². The van der Waals surface area contributed by atoms with E-state index in [-0.39, 0.29) is 6.04 Å². The molecule has 0 amide bonds. The number of aromatic nitrogens is 2. The lowest BCUT2D eigenvalue weighted by molar-refractivity contribution is 0.417. The smallest absolute Gasteiger partial charge is 0.318 e. The van der Waals surface area contributed by atoms with Crippen LogP contribution in [0.2, 0.25) is 0 Å². The van der Waals surface area contributed by atoms with E-state index < -0.39 is 0 Å². The van der Waals surface area contributed by atoms with Crippen molar-refractivity contribution in [2.24, 2.45) is 0 Å². The molecule has 102 valence electrons. The molecule has 3 atom stereocenters. The van der Waals surface area contributed by atoms with Gasteiger partial charge in [-0.1, -0.05) is 25.9 Å². The molecule has 0 aromatic carbocycles. The maximum Gasteiger partial charge on any atom is 0.318 e. The average Bonchev–Trinajstić information content (AvgIpc) is 2.77. The summed E-state index contributed by atoms with van der Waals surface area (Å²) in [6, 6.07) is 0.777. The van der Waals surface area contributed by atoms with Gasteiger partial charge in [-0.05, 0) is 13.5 Å². The summed E-state index contributed by atoms with van der Waals surface area (Å²) in [6.45, 7) is 11.4. The van der Waals surface area contributed by atoms with Crippen molar-refractivity contribution in [2.45, 2.75) is 44.2 Å². The first kappa shape index (κ1) is 13.7. The minimum absolute atomic E-state index is 0.116. The summed E-state index contributed by atoms with van der Waals surface area (Å²) in [5, 5.41) is 12.8. The lowest BCUT2D eigenvalue weighted by atomic mass is 10.3. The molecule has 0 radical (unpaired) electrons. The van der Waals surface area contributed by atoms with Crippen molar-refractivity contribution in [3.05, 3.63) is 5.89 Å². The van der Waals surface area contributed by atoms with Crippen LogP contribution in [0.25, 0.3) is 0 Å². The lowest BCUT2D eigenvalue weighted by Crippen LogP contribution is -2.40. The Morgan fingerprint density at radius 2 is 2.06 bits per heavy atom. The minimum Gasteiger partial charge on any atom is -0.406 e. The van der Waals surface area contributed by atoms with Crippen molar-refractivity contribution in [1.82, 2.24) is 15.5 Å². The molecule has 1 aromatic heterocycles. The van der Waals surface area contributed by atoms with Gasteiger partial charge in [-0.25, -0.2) is 0 Å². The molecule has 0 saturated carbocycles. The Labute approximate surface area is 113 Å². The van der Waals surface area contributed by atoms with Crippen LogP contribution in [0.4, 0.5) is 6.01 Å². The maximum absolute atomic E-state index is 5.77. The van der Waals surface area contributed by atoms with Crippen molar-refractivity contribution in [1.29, 1.82) is 0 Å². The van der Waals surface area contributed by atoms with Gasteiger partial charge in [0.1, 0.15) is 0 Å². The van der Waals surface area contributed by atoms with E-state index in [4.69, 9.17) is 4.42 Å². The molecule has 1 saturated heterocycles. The van der Waals surface area contributed by atoms with E-state index in [1.54, 1.807) is 0 Å². The van der Waals surface area contributed by atoms with Gasteiger partial charge in [0.25, 0.3) is 0 Å². The second-order valence-electron chi connectivity index (χ2n) is 4.86. The zero-order valence-electron chi connectivity index (χ0n) is 11.5. The van der Waals surface area contributed by atoms with Gasteiger partial charge in [0, 0.05) is 23.6 Å². The van der Waals surface area contributed by atoms with Crippen LogP contribution in [0.5, 0.6) is 0 Å². The molecule has 2 rings (SSSR count). The maximum atomic E-state index is 5.77. The quantitative estimate of drug-likeness (QED) is 0.904. The van der Waals surface area contributed by atoms with Gasteiger partial charge in [-0.2, -0.15) is 11.8 Å².